The Kier molecular flexibility index (Phi) is 6.28. The summed E-state index contributed by atoms with van der Waals surface area (Å²) in [6, 6.07) is 4.77. The van der Waals surface area contributed by atoms with Crippen LogP contribution in [0.4, 0.5) is 23.2 Å². The fourth-order valence-corrected chi connectivity index (χ4v) is 3.69. The average molecular weight is 454 g/mol. The quantitative estimate of drug-likeness (QED) is 0.514. The minimum atomic E-state index is -3.34. The van der Waals surface area contributed by atoms with Crippen molar-refractivity contribution in [3.63, 3.8) is 0 Å². The van der Waals surface area contributed by atoms with E-state index < -0.39 is 46.8 Å². The van der Waals surface area contributed by atoms with Gasteiger partial charge in [0.05, 0.1) is 7.11 Å². The lowest BCUT2D eigenvalue weighted by Crippen LogP contribution is -2.44. The lowest BCUT2D eigenvalue weighted by molar-refractivity contribution is -0.184. The first kappa shape index (κ1) is 23.6. The fourth-order valence-electron chi connectivity index (χ4n) is 3.69. The molecule has 32 heavy (non-hydrogen) atoms. The van der Waals surface area contributed by atoms with Crippen LogP contribution in [0, 0.1) is 11.6 Å². The second kappa shape index (κ2) is 8.50. The molecular weight excluding hydrogens is 432 g/mol. The number of rotatable bonds is 6. The number of aromatic nitrogens is 1. The molecule has 6 nitrogen and oxygen atoms in total. The van der Waals surface area contributed by atoms with Gasteiger partial charge in [-0.15, -0.1) is 0 Å². The molecule has 1 aliphatic rings. The predicted molar refractivity (Wildman–Crippen MR) is 107 cm³/mol. The standard InChI is InChI=1S/C22H22F4N2O4/c1-11(29)16-9-12(7-8-27-16)28-20(30)19-14(10-21(2,32-19)22(3,25)26)13-5-6-15(23)17(24)18(13)31-4/h5-9,14,19H,10H2,1-4H3,(H,27,28,30)/t14-,19+,21+/m0/s1. The van der Waals surface area contributed by atoms with Crippen LogP contribution in [-0.2, 0) is 9.53 Å². The van der Waals surface area contributed by atoms with Gasteiger partial charge in [0.25, 0.3) is 11.8 Å². The highest BCUT2D eigenvalue weighted by atomic mass is 19.3. The predicted octanol–water partition coefficient (Wildman–Crippen LogP) is 4.50. The molecule has 3 atom stereocenters. The third-order valence-electron chi connectivity index (χ3n) is 5.62. The van der Waals surface area contributed by atoms with E-state index in [4.69, 9.17) is 9.47 Å². The molecule has 1 aromatic heterocycles. The van der Waals surface area contributed by atoms with Crippen molar-refractivity contribution in [2.75, 3.05) is 12.4 Å². The van der Waals surface area contributed by atoms with Crippen molar-refractivity contribution < 1.29 is 36.6 Å². The van der Waals surface area contributed by atoms with Crippen molar-refractivity contribution in [1.29, 1.82) is 0 Å². The molecule has 0 radical (unpaired) electrons. The number of halogens is 4. The molecule has 1 saturated heterocycles. The Labute approximate surface area is 181 Å². The van der Waals surface area contributed by atoms with Crippen molar-refractivity contribution >= 4 is 17.4 Å². The van der Waals surface area contributed by atoms with Crippen LogP contribution in [-0.4, -0.2) is 41.4 Å². The fraction of sp³-hybridized carbons (Fsp3) is 0.409. The smallest absolute Gasteiger partial charge is 0.273 e. The number of amides is 1. The summed E-state index contributed by atoms with van der Waals surface area (Å²) in [7, 11) is 1.11. The molecule has 2 aromatic rings. The molecule has 1 fully saturated rings. The van der Waals surface area contributed by atoms with E-state index >= 15 is 0 Å². The van der Waals surface area contributed by atoms with Crippen LogP contribution in [0.25, 0.3) is 0 Å². The van der Waals surface area contributed by atoms with Crippen LogP contribution in [0.5, 0.6) is 5.75 Å². The maximum Gasteiger partial charge on any atom is 0.273 e. The van der Waals surface area contributed by atoms with E-state index in [1.807, 2.05) is 0 Å². The highest BCUT2D eigenvalue weighted by Gasteiger charge is 2.58. The summed E-state index contributed by atoms with van der Waals surface area (Å²) in [4.78, 5) is 28.5. The maximum atomic E-state index is 14.4. The first-order valence-corrected chi connectivity index (χ1v) is 9.73. The highest BCUT2D eigenvalue weighted by molar-refractivity contribution is 5.97. The number of anilines is 1. The number of alkyl halides is 2. The minimum absolute atomic E-state index is 0.0266. The zero-order chi connectivity index (χ0) is 23.8. The van der Waals surface area contributed by atoms with Crippen LogP contribution >= 0.6 is 0 Å². The monoisotopic (exact) mass is 454 g/mol. The summed E-state index contributed by atoms with van der Waals surface area (Å²) in [5, 5.41) is 2.52. The van der Waals surface area contributed by atoms with E-state index in [1.165, 1.54) is 31.3 Å². The summed E-state index contributed by atoms with van der Waals surface area (Å²) in [5.74, 6) is -8.49. The number of ether oxygens (including phenoxy) is 2. The van der Waals surface area contributed by atoms with Crippen molar-refractivity contribution in [3.05, 3.63) is 53.4 Å². The molecule has 3 rings (SSSR count). The zero-order valence-electron chi connectivity index (χ0n) is 17.8. The Morgan fingerprint density at radius 1 is 1.28 bits per heavy atom. The molecule has 0 aliphatic carbocycles. The molecule has 0 saturated carbocycles. The Hall–Kier alpha value is -3.01. The number of nitrogens with one attached hydrogen (secondary N) is 1. The number of carbonyl (C=O) groups is 2. The summed E-state index contributed by atoms with van der Waals surface area (Å²) in [6.07, 6.45) is -0.522. The number of pyridine rings is 1. The van der Waals surface area contributed by atoms with Crippen molar-refractivity contribution in [1.82, 2.24) is 4.98 Å². The number of ketones is 1. The number of hydrogen-bond donors (Lipinski definition) is 1. The van der Waals surface area contributed by atoms with Crippen molar-refractivity contribution in [2.24, 2.45) is 0 Å². The van der Waals surface area contributed by atoms with Gasteiger partial charge in [-0.05, 0) is 31.5 Å². The Morgan fingerprint density at radius 3 is 2.56 bits per heavy atom. The number of Topliss-reactive ketones (excluding diaryl/α,β-unsaturated/α-hetero) is 1. The topological polar surface area (TPSA) is 77.5 Å². The maximum absolute atomic E-state index is 14.4. The number of nitrogens with zero attached hydrogens (tertiary/aromatic N) is 1. The van der Waals surface area contributed by atoms with Crippen LogP contribution in [0.1, 0.15) is 49.2 Å². The van der Waals surface area contributed by atoms with Crippen molar-refractivity contribution in [2.45, 2.75) is 50.7 Å². The van der Waals surface area contributed by atoms with Gasteiger partial charge in [-0.25, -0.2) is 13.2 Å². The summed E-state index contributed by atoms with van der Waals surface area (Å²) in [5.41, 5.74) is -1.73. The Morgan fingerprint density at radius 2 is 1.97 bits per heavy atom. The molecule has 0 unspecified atom stereocenters. The van der Waals surface area contributed by atoms with E-state index in [2.05, 4.69) is 10.3 Å². The lowest BCUT2D eigenvalue weighted by atomic mass is 9.84. The van der Waals surface area contributed by atoms with Crippen molar-refractivity contribution in [3.8, 4) is 5.75 Å². The molecule has 1 amide bonds. The van der Waals surface area contributed by atoms with Gasteiger partial charge in [-0.3, -0.25) is 14.6 Å². The van der Waals surface area contributed by atoms with E-state index in [0.717, 1.165) is 20.1 Å². The molecule has 1 N–H and O–H groups in total. The van der Waals surface area contributed by atoms with Gasteiger partial charge in [-0.2, -0.15) is 4.39 Å². The minimum Gasteiger partial charge on any atom is -0.493 e. The van der Waals surface area contributed by atoms with Gasteiger partial charge in [-0.1, -0.05) is 6.07 Å². The SMILES string of the molecule is COc1c([C@@H]2C[C@](C)(C(C)(F)F)O[C@H]2C(=O)Nc2ccnc(C(C)=O)c2)ccc(F)c1F. The molecule has 0 bridgehead atoms. The molecule has 10 heteroatoms. The summed E-state index contributed by atoms with van der Waals surface area (Å²) < 4.78 is 67.3. The second-order valence-corrected chi connectivity index (χ2v) is 7.93. The highest BCUT2D eigenvalue weighted by Crippen LogP contribution is 2.50. The van der Waals surface area contributed by atoms with Gasteiger partial charge in [0.15, 0.2) is 17.3 Å². The average Bonchev–Trinajstić information content (AvgIpc) is 3.09. The van der Waals surface area contributed by atoms with E-state index in [-0.39, 0.29) is 29.1 Å². The van der Waals surface area contributed by atoms with Gasteiger partial charge >= 0.3 is 0 Å². The number of benzene rings is 1. The third-order valence-corrected chi connectivity index (χ3v) is 5.62. The zero-order valence-corrected chi connectivity index (χ0v) is 17.8. The van der Waals surface area contributed by atoms with Gasteiger partial charge in [0.1, 0.15) is 17.4 Å². The Balaban J connectivity index is 2.01. The number of methoxy groups -OCH3 is 1. The van der Waals surface area contributed by atoms with Gasteiger partial charge in [0.2, 0.25) is 5.82 Å². The normalized spacial score (nSPS) is 23.1. The lowest BCUT2D eigenvalue weighted by Gasteiger charge is -2.30. The van der Waals surface area contributed by atoms with Crippen LogP contribution in [0.15, 0.2) is 30.5 Å². The molecule has 1 aromatic carbocycles. The Bertz CT molecular complexity index is 1060. The van der Waals surface area contributed by atoms with E-state index in [0.29, 0.717) is 6.92 Å². The van der Waals surface area contributed by atoms with Crippen LogP contribution < -0.4 is 10.1 Å². The summed E-state index contributed by atoms with van der Waals surface area (Å²) >= 11 is 0. The largest absolute Gasteiger partial charge is 0.493 e. The molecular formula is C22H22F4N2O4. The first-order valence-electron chi connectivity index (χ1n) is 9.73. The summed E-state index contributed by atoms with van der Waals surface area (Å²) in [6.45, 7) is 3.11. The molecule has 2 heterocycles. The number of carbonyl (C=O) groups excluding carboxylic acids is 2. The first-order chi connectivity index (χ1) is 14.9. The van der Waals surface area contributed by atoms with Crippen LogP contribution in [0.3, 0.4) is 0 Å². The van der Waals surface area contributed by atoms with E-state index in [1.54, 1.807) is 0 Å². The van der Waals surface area contributed by atoms with Gasteiger partial charge in [0, 0.05) is 37.2 Å². The second-order valence-electron chi connectivity index (χ2n) is 7.93. The third kappa shape index (κ3) is 4.32. The number of hydrogen-bond acceptors (Lipinski definition) is 5. The molecule has 1 aliphatic heterocycles. The molecule has 172 valence electrons. The van der Waals surface area contributed by atoms with Gasteiger partial charge < -0.3 is 14.8 Å². The molecule has 0 spiro atoms. The van der Waals surface area contributed by atoms with E-state index in [9.17, 15) is 27.2 Å². The van der Waals surface area contributed by atoms with Crippen LogP contribution in [0.2, 0.25) is 0 Å².